The van der Waals surface area contributed by atoms with Crippen molar-refractivity contribution in [3.8, 4) is 44.8 Å². The van der Waals surface area contributed by atoms with E-state index in [1.165, 1.54) is 44.1 Å². The number of rotatable bonds is 8. The molecule has 0 amide bonds. The van der Waals surface area contributed by atoms with Crippen LogP contribution in [-0.2, 0) is 26.5 Å². The van der Waals surface area contributed by atoms with Crippen LogP contribution in [0.3, 0.4) is 0 Å². The second kappa shape index (κ2) is 18.7. The Kier molecular flexibility index (Phi) is 13.4. The molecule has 5 heteroatoms. The number of benzene rings is 6. The van der Waals surface area contributed by atoms with Crippen LogP contribution in [-0.4, -0.2) is 18.0 Å². The maximum Gasteiger partial charge on any atom is 0.124 e. The van der Waals surface area contributed by atoms with E-state index in [1.807, 2.05) is 24.4 Å². The molecule has 0 aliphatic heterocycles. The van der Waals surface area contributed by atoms with Gasteiger partial charge in [-0.1, -0.05) is 190 Å². The van der Waals surface area contributed by atoms with Crippen LogP contribution in [0.1, 0.15) is 55.9 Å². The van der Waals surface area contributed by atoms with Gasteiger partial charge in [-0.25, -0.2) is 0 Å². The standard InChI is InChI=1S/C32H24NO.C25H30NSi.Ir/c1-21-16-17-26(24-12-7-4-8-13-24)30-28-15-9-14-27(32(28)34-31(21)30)29-20-25(18-19-33-29)22(2)23-10-5-3-6-11-23;1-25(2,3)17-22-16-23(26-18-24(22)27(4,5)6)21-14-12-20(13-15-21)19-10-8-7-9-11-19;/h3-13,15-20,22H,1-2H3;7-14,16,18H,17H2,1-6H3;/q2*-1;. The zero-order valence-corrected chi connectivity index (χ0v) is 40.4. The van der Waals surface area contributed by atoms with Gasteiger partial charge in [-0.05, 0) is 69.2 Å². The average molecular weight is 1000 g/mol. The number of hydrogen-bond donors (Lipinski definition) is 0. The summed E-state index contributed by atoms with van der Waals surface area (Å²) in [7, 11) is -1.43. The number of aryl methyl sites for hydroxylation is 1. The topological polar surface area (TPSA) is 38.9 Å². The van der Waals surface area contributed by atoms with E-state index in [0.717, 1.165) is 56.4 Å². The molecule has 1 radical (unpaired) electrons. The van der Waals surface area contributed by atoms with Crippen molar-refractivity contribution in [1.29, 1.82) is 0 Å². The molecule has 0 aliphatic carbocycles. The number of pyridine rings is 2. The predicted octanol–water partition coefficient (Wildman–Crippen LogP) is 14.9. The fraction of sp³-hybridized carbons (Fsp3) is 0.193. The molecule has 9 aromatic rings. The summed E-state index contributed by atoms with van der Waals surface area (Å²) in [5, 5.41) is 3.71. The Morgan fingerprint density at radius 2 is 1.34 bits per heavy atom. The second-order valence-electron chi connectivity index (χ2n) is 18.4. The first kappa shape index (κ1) is 44.3. The fourth-order valence-electron chi connectivity index (χ4n) is 8.24. The van der Waals surface area contributed by atoms with E-state index < -0.39 is 8.07 Å². The molecule has 0 N–H and O–H groups in total. The minimum atomic E-state index is -1.43. The summed E-state index contributed by atoms with van der Waals surface area (Å²) in [5.74, 6) is 0.268. The third-order valence-electron chi connectivity index (χ3n) is 11.4. The molecule has 0 aliphatic rings. The van der Waals surface area contributed by atoms with Gasteiger partial charge < -0.3 is 14.4 Å². The van der Waals surface area contributed by atoms with Gasteiger partial charge in [0.05, 0.1) is 13.7 Å². The molecule has 313 valence electrons. The Morgan fingerprint density at radius 3 is 1.98 bits per heavy atom. The van der Waals surface area contributed by atoms with Crippen LogP contribution < -0.4 is 5.19 Å². The number of fused-ring (bicyclic) bond motifs is 3. The quantitative estimate of drug-likeness (QED) is 0.112. The number of furan rings is 1. The van der Waals surface area contributed by atoms with E-state index in [4.69, 9.17) is 14.4 Å². The number of hydrogen-bond acceptors (Lipinski definition) is 3. The Balaban J connectivity index is 0.000000189. The molecule has 0 saturated carbocycles. The summed E-state index contributed by atoms with van der Waals surface area (Å²) >= 11 is 0. The van der Waals surface area contributed by atoms with Gasteiger partial charge in [0.15, 0.2) is 0 Å². The molecule has 9 rings (SSSR count). The maximum atomic E-state index is 6.54. The zero-order chi connectivity index (χ0) is 42.7. The van der Waals surface area contributed by atoms with E-state index in [0.29, 0.717) is 0 Å². The Morgan fingerprint density at radius 1 is 0.661 bits per heavy atom. The summed E-state index contributed by atoms with van der Waals surface area (Å²) in [6.45, 7) is 18.5. The van der Waals surface area contributed by atoms with Crippen molar-refractivity contribution in [2.75, 3.05) is 0 Å². The van der Waals surface area contributed by atoms with Crippen LogP contribution in [0.5, 0.6) is 0 Å². The second-order valence-corrected chi connectivity index (χ2v) is 23.4. The smallest absolute Gasteiger partial charge is 0.124 e. The minimum Gasteiger partial charge on any atom is -0.500 e. The van der Waals surface area contributed by atoms with E-state index in [9.17, 15) is 0 Å². The van der Waals surface area contributed by atoms with Gasteiger partial charge in [0.2, 0.25) is 0 Å². The summed E-state index contributed by atoms with van der Waals surface area (Å²) in [6, 6.07) is 59.7. The van der Waals surface area contributed by atoms with Crippen LogP contribution >= 0.6 is 0 Å². The van der Waals surface area contributed by atoms with Crippen LogP contribution in [0.15, 0.2) is 168 Å². The van der Waals surface area contributed by atoms with Crippen LogP contribution in [0.25, 0.3) is 66.7 Å². The number of nitrogens with zero attached hydrogens (tertiary/aromatic N) is 2. The van der Waals surface area contributed by atoms with Crippen molar-refractivity contribution in [2.24, 2.45) is 5.41 Å². The average Bonchev–Trinajstić information content (AvgIpc) is 3.68. The maximum absolute atomic E-state index is 6.54. The SMILES string of the molecule is CC(C)(C)Cc1cc(-c2[c-]cc(-c3ccccc3)cc2)ncc1[Si](C)(C)C.Cc1ccc(-c2ccccc2)c2c1oc1c(-c3cc(C(C)c4ccccc4)ccn3)[c-]ccc12.[Ir]. The first-order chi connectivity index (χ1) is 29.3. The summed E-state index contributed by atoms with van der Waals surface area (Å²) < 4.78 is 6.54. The fourth-order valence-corrected chi connectivity index (χ4v) is 9.82. The van der Waals surface area contributed by atoms with Gasteiger partial charge in [-0.15, -0.1) is 48.0 Å². The molecule has 3 aromatic heterocycles. The van der Waals surface area contributed by atoms with E-state index >= 15 is 0 Å². The molecule has 0 bridgehead atoms. The first-order valence-electron chi connectivity index (χ1n) is 21.3. The third kappa shape index (κ3) is 9.82. The van der Waals surface area contributed by atoms with Gasteiger partial charge in [0.1, 0.15) is 5.58 Å². The van der Waals surface area contributed by atoms with Gasteiger partial charge in [-0.2, -0.15) is 0 Å². The third-order valence-corrected chi connectivity index (χ3v) is 13.5. The molecule has 3 heterocycles. The molecule has 6 aromatic carbocycles. The van der Waals surface area contributed by atoms with E-state index in [2.05, 4.69) is 206 Å². The zero-order valence-electron chi connectivity index (χ0n) is 37.0. The molecule has 62 heavy (non-hydrogen) atoms. The van der Waals surface area contributed by atoms with Crippen molar-refractivity contribution < 1.29 is 24.5 Å². The van der Waals surface area contributed by atoms with Crippen molar-refractivity contribution in [3.05, 3.63) is 198 Å². The van der Waals surface area contributed by atoms with Gasteiger partial charge in [0.25, 0.3) is 0 Å². The summed E-state index contributed by atoms with van der Waals surface area (Å²) in [4.78, 5) is 9.53. The summed E-state index contributed by atoms with van der Waals surface area (Å²) in [6.07, 6.45) is 5.09. The normalized spacial score (nSPS) is 12.1. The van der Waals surface area contributed by atoms with Crippen molar-refractivity contribution in [3.63, 3.8) is 0 Å². The van der Waals surface area contributed by atoms with Crippen LogP contribution in [0.4, 0.5) is 0 Å². The molecule has 3 nitrogen and oxygen atoms in total. The Labute approximate surface area is 382 Å². The monoisotopic (exact) mass is 1000 g/mol. The van der Waals surface area contributed by atoms with Crippen LogP contribution in [0, 0.1) is 24.5 Å². The van der Waals surface area contributed by atoms with Gasteiger partial charge in [-0.3, -0.25) is 0 Å². The largest absolute Gasteiger partial charge is 0.500 e. The van der Waals surface area contributed by atoms with Crippen LogP contribution in [0.2, 0.25) is 19.6 Å². The molecule has 1 atom stereocenters. The Hall–Kier alpha value is -5.71. The van der Waals surface area contributed by atoms with Crippen molar-refractivity contribution >= 4 is 35.2 Å². The van der Waals surface area contributed by atoms with E-state index in [1.54, 1.807) is 0 Å². The van der Waals surface area contributed by atoms with Crippen molar-refractivity contribution in [1.82, 2.24) is 9.97 Å². The molecule has 1 unspecified atom stereocenters. The number of aromatic nitrogens is 2. The Bertz CT molecular complexity index is 2910. The van der Waals surface area contributed by atoms with Gasteiger partial charge >= 0.3 is 0 Å². The minimum absolute atomic E-state index is 0. The molecule has 0 fully saturated rings. The molecular weight excluding hydrogens is 949 g/mol. The van der Waals surface area contributed by atoms with E-state index in [-0.39, 0.29) is 31.4 Å². The first-order valence-corrected chi connectivity index (χ1v) is 24.8. The molecule has 0 saturated heterocycles. The van der Waals surface area contributed by atoms with Crippen molar-refractivity contribution in [2.45, 2.75) is 66.6 Å². The molecular formula is C57H54IrN2OSi-2. The molecule has 0 spiro atoms. The van der Waals surface area contributed by atoms with Gasteiger partial charge in [0, 0.05) is 43.8 Å². The summed E-state index contributed by atoms with van der Waals surface area (Å²) in [5.41, 5.74) is 15.7. The predicted molar refractivity (Wildman–Crippen MR) is 260 cm³/mol.